The van der Waals surface area contributed by atoms with Crippen molar-refractivity contribution >= 4 is 22.7 Å². The minimum Gasteiger partial charge on any atom is -0.342 e. The number of alkyl halides is 3. The van der Waals surface area contributed by atoms with E-state index >= 15 is 0 Å². The van der Waals surface area contributed by atoms with E-state index in [9.17, 15) is 13.2 Å². The van der Waals surface area contributed by atoms with Crippen LogP contribution in [0.2, 0.25) is 0 Å². The zero-order valence-electron chi connectivity index (χ0n) is 11.0. The van der Waals surface area contributed by atoms with Gasteiger partial charge in [-0.1, -0.05) is 48.5 Å². The molecule has 0 saturated carbocycles. The van der Waals surface area contributed by atoms with Gasteiger partial charge in [0.1, 0.15) is 0 Å². The van der Waals surface area contributed by atoms with Crippen LogP contribution in [0.5, 0.6) is 0 Å². The van der Waals surface area contributed by atoms with E-state index in [1.54, 1.807) is 18.3 Å². The summed E-state index contributed by atoms with van der Waals surface area (Å²) in [5.74, 6) is 0. The fourth-order valence-electron chi connectivity index (χ4n) is 2.33. The quantitative estimate of drug-likeness (QED) is 0.594. The molecular formula is C16H12F3NS. The Labute approximate surface area is 124 Å². The number of aromatic nitrogens is 1. The minimum atomic E-state index is -4.28. The fraction of sp³-hybridized carbons (Fsp3) is 0.125. The molecule has 3 rings (SSSR count). The van der Waals surface area contributed by atoms with Crippen LogP contribution < -0.4 is 0 Å². The van der Waals surface area contributed by atoms with Crippen LogP contribution in [0.15, 0.2) is 65.7 Å². The van der Waals surface area contributed by atoms with E-state index < -0.39 is 5.51 Å². The van der Waals surface area contributed by atoms with Gasteiger partial charge in [0, 0.05) is 28.5 Å². The Hall–Kier alpha value is -1.88. The van der Waals surface area contributed by atoms with Crippen molar-refractivity contribution in [3.05, 3.63) is 66.4 Å². The van der Waals surface area contributed by atoms with Gasteiger partial charge in [-0.3, -0.25) is 0 Å². The molecule has 0 atom stereocenters. The number of para-hydroxylation sites is 1. The van der Waals surface area contributed by atoms with E-state index in [2.05, 4.69) is 0 Å². The Morgan fingerprint density at radius 2 is 1.57 bits per heavy atom. The summed E-state index contributed by atoms with van der Waals surface area (Å²) in [6.45, 7) is 0.555. The van der Waals surface area contributed by atoms with Crippen LogP contribution in [0.3, 0.4) is 0 Å². The second-order valence-corrected chi connectivity index (χ2v) is 5.78. The van der Waals surface area contributed by atoms with Crippen LogP contribution in [0.1, 0.15) is 5.56 Å². The van der Waals surface area contributed by atoms with Crippen molar-refractivity contribution in [2.24, 2.45) is 0 Å². The van der Waals surface area contributed by atoms with E-state index in [0.717, 1.165) is 11.1 Å². The molecule has 1 aromatic heterocycles. The highest BCUT2D eigenvalue weighted by Crippen LogP contribution is 2.41. The summed E-state index contributed by atoms with van der Waals surface area (Å²) in [7, 11) is 0. The van der Waals surface area contributed by atoms with Gasteiger partial charge < -0.3 is 4.57 Å². The molecule has 3 aromatic rings. The predicted octanol–water partition coefficient (Wildman–Crippen LogP) is 5.30. The van der Waals surface area contributed by atoms with E-state index in [1.165, 1.54) is 0 Å². The molecule has 0 radical (unpaired) electrons. The summed E-state index contributed by atoms with van der Waals surface area (Å²) in [5.41, 5.74) is -2.41. The molecule has 21 heavy (non-hydrogen) atoms. The lowest BCUT2D eigenvalue weighted by atomic mass is 10.2. The third kappa shape index (κ3) is 3.24. The smallest absolute Gasteiger partial charge is 0.342 e. The summed E-state index contributed by atoms with van der Waals surface area (Å²) < 4.78 is 39.8. The molecule has 0 aliphatic rings. The number of halogens is 3. The minimum absolute atomic E-state index is 0.0592. The molecule has 1 heterocycles. The number of thioether (sulfide) groups is 1. The number of fused-ring (bicyclic) bond motifs is 1. The second-order valence-electron chi connectivity index (χ2n) is 4.67. The van der Waals surface area contributed by atoms with Gasteiger partial charge in [-0.25, -0.2) is 0 Å². The molecule has 0 bridgehead atoms. The largest absolute Gasteiger partial charge is 0.446 e. The van der Waals surface area contributed by atoms with Crippen molar-refractivity contribution in [2.45, 2.75) is 16.9 Å². The van der Waals surface area contributed by atoms with Gasteiger partial charge in [0.15, 0.2) is 0 Å². The average molecular weight is 307 g/mol. The summed E-state index contributed by atoms with van der Waals surface area (Å²) in [6.07, 6.45) is 1.58. The van der Waals surface area contributed by atoms with Crippen LogP contribution in [0.4, 0.5) is 13.2 Å². The molecule has 0 aliphatic carbocycles. The highest BCUT2D eigenvalue weighted by molar-refractivity contribution is 8.00. The Balaban J connectivity index is 2.03. The first-order valence-electron chi connectivity index (χ1n) is 6.40. The maximum absolute atomic E-state index is 12.7. The molecule has 0 unspecified atom stereocenters. The molecule has 0 amide bonds. The first-order valence-corrected chi connectivity index (χ1v) is 7.22. The lowest BCUT2D eigenvalue weighted by Crippen LogP contribution is -1.99. The van der Waals surface area contributed by atoms with Gasteiger partial charge >= 0.3 is 5.51 Å². The van der Waals surface area contributed by atoms with Gasteiger partial charge in [0.05, 0.1) is 0 Å². The summed E-state index contributed by atoms with van der Waals surface area (Å²) in [4.78, 5) is 0.244. The van der Waals surface area contributed by atoms with E-state index in [4.69, 9.17) is 0 Å². The first-order chi connectivity index (χ1) is 10.0. The highest BCUT2D eigenvalue weighted by Gasteiger charge is 2.30. The van der Waals surface area contributed by atoms with Gasteiger partial charge in [-0.2, -0.15) is 13.2 Å². The number of benzene rings is 2. The molecule has 0 N–H and O–H groups in total. The second kappa shape index (κ2) is 5.48. The predicted molar refractivity (Wildman–Crippen MR) is 79.4 cm³/mol. The SMILES string of the molecule is FC(F)(F)Sc1cn(Cc2ccccc2)c2ccccc12. The zero-order valence-corrected chi connectivity index (χ0v) is 11.8. The summed E-state index contributed by atoms with van der Waals surface area (Å²) >= 11 is -0.0592. The third-order valence-electron chi connectivity index (χ3n) is 3.17. The van der Waals surface area contributed by atoms with Crippen molar-refractivity contribution in [2.75, 3.05) is 0 Å². The molecular weight excluding hydrogens is 295 g/mol. The molecule has 1 nitrogen and oxygen atoms in total. The van der Waals surface area contributed by atoms with Crippen LogP contribution in [-0.2, 0) is 6.54 Å². The maximum Gasteiger partial charge on any atom is 0.446 e. The van der Waals surface area contributed by atoms with Crippen molar-refractivity contribution in [1.82, 2.24) is 4.57 Å². The van der Waals surface area contributed by atoms with Crippen molar-refractivity contribution in [3.63, 3.8) is 0 Å². The van der Waals surface area contributed by atoms with Gasteiger partial charge in [-0.15, -0.1) is 0 Å². The summed E-state index contributed by atoms with van der Waals surface area (Å²) in [5, 5.41) is 0.635. The first kappa shape index (κ1) is 14.1. The average Bonchev–Trinajstić information content (AvgIpc) is 2.77. The van der Waals surface area contributed by atoms with E-state index in [0.29, 0.717) is 11.9 Å². The summed E-state index contributed by atoms with van der Waals surface area (Å²) in [6, 6.07) is 16.9. The lowest BCUT2D eigenvalue weighted by Gasteiger charge is -2.05. The van der Waals surface area contributed by atoms with Gasteiger partial charge in [-0.05, 0) is 23.4 Å². The normalized spacial score (nSPS) is 12.0. The fourth-order valence-corrected chi connectivity index (χ4v) is 3.04. The molecule has 0 saturated heterocycles. The number of rotatable bonds is 3. The van der Waals surface area contributed by atoms with E-state index in [-0.39, 0.29) is 16.7 Å². The van der Waals surface area contributed by atoms with Crippen LogP contribution in [0.25, 0.3) is 10.9 Å². The zero-order chi connectivity index (χ0) is 14.9. The Kier molecular flexibility index (Phi) is 3.68. The molecule has 0 aliphatic heterocycles. The van der Waals surface area contributed by atoms with Crippen LogP contribution in [0, 0.1) is 0 Å². The number of hydrogen-bond donors (Lipinski definition) is 0. The molecule has 0 fully saturated rings. The van der Waals surface area contributed by atoms with E-state index in [1.807, 2.05) is 47.0 Å². The molecule has 108 valence electrons. The molecule has 0 spiro atoms. The lowest BCUT2D eigenvalue weighted by molar-refractivity contribution is -0.0327. The highest BCUT2D eigenvalue weighted by atomic mass is 32.2. The Morgan fingerprint density at radius 1 is 0.905 bits per heavy atom. The van der Waals surface area contributed by atoms with Crippen molar-refractivity contribution in [3.8, 4) is 0 Å². The van der Waals surface area contributed by atoms with Gasteiger partial charge in [0.2, 0.25) is 0 Å². The molecule has 5 heteroatoms. The van der Waals surface area contributed by atoms with Crippen LogP contribution in [-0.4, -0.2) is 10.1 Å². The van der Waals surface area contributed by atoms with Crippen LogP contribution >= 0.6 is 11.8 Å². The number of nitrogens with zero attached hydrogens (tertiary/aromatic N) is 1. The Bertz CT molecular complexity index is 747. The monoisotopic (exact) mass is 307 g/mol. The standard InChI is InChI=1S/C16H12F3NS/c17-16(18,19)21-15-11-20(10-12-6-2-1-3-7-12)14-9-5-4-8-13(14)15/h1-9,11H,10H2. The van der Waals surface area contributed by atoms with Crippen molar-refractivity contribution < 1.29 is 13.2 Å². The maximum atomic E-state index is 12.7. The van der Waals surface area contributed by atoms with Crippen molar-refractivity contribution in [1.29, 1.82) is 0 Å². The Morgan fingerprint density at radius 3 is 2.29 bits per heavy atom. The third-order valence-corrected chi connectivity index (χ3v) is 3.95. The molecule has 2 aromatic carbocycles. The topological polar surface area (TPSA) is 4.93 Å². The number of hydrogen-bond acceptors (Lipinski definition) is 1. The van der Waals surface area contributed by atoms with Gasteiger partial charge in [0.25, 0.3) is 0 Å².